The molecular formula is C10H19ClN4S. The highest BCUT2D eigenvalue weighted by Gasteiger charge is 2.18. The zero-order valence-corrected chi connectivity index (χ0v) is 11.3. The van der Waals surface area contributed by atoms with E-state index in [2.05, 4.69) is 24.4 Å². The van der Waals surface area contributed by atoms with Crippen LogP contribution in [0, 0.1) is 0 Å². The number of rotatable bonds is 7. The molecule has 0 saturated heterocycles. The normalized spacial score (nSPS) is 13.0. The summed E-state index contributed by atoms with van der Waals surface area (Å²) in [7, 11) is 0. The summed E-state index contributed by atoms with van der Waals surface area (Å²) in [5.41, 5.74) is 3.81. The monoisotopic (exact) mass is 262 g/mol. The first kappa shape index (κ1) is 13.8. The molecule has 0 aromatic carbocycles. The minimum Gasteiger partial charge on any atom is -0.271 e. The molecule has 1 aromatic heterocycles. The van der Waals surface area contributed by atoms with Crippen LogP contribution in [0.2, 0.25) is 5.02 Å². The molecule has 0 bridgehead atoms. The first-order valence-electron chi connectivity index (χ1n) is 5.49. The summed E-state index contributed by atoms with van der Waals surface area (Å²) in [6.07, 6.45) is 2.72. The van der Waals surface area contributed by atoms with E-state index in [1.165, 1.54) is 0 Å². The predicted molar refractivity (Wildman–Crippen MR) is 70.6 cm³/mol. The smallest absolute Gasteiger partial charge is 0.0834 e. The second-order valence-electron chi connectivity index (χ2n) is 3.48. The molecule has 6 heteroatoms. The van der Waals surface area contributed by atoms with E-state index in [0.29, 0.717) is 5.02 Å². The fraction of sp³-hybridized carbons (Fsp3) is 0.700. The van der Waals surface area contributed by atoms with Crippen LogP contribution in [-0.2, 0) is 6.54 Å². The Kier molecular flexibility index (Phi) is 6.20. The number of hydrazine groups is 1. The van der Waals surface area contributed by atoms with Gasteiger partial charge in [-0.1, -0.05) is 25.4 Å². The Labute approximate surface area is 106 Å². The predicted octanol–water partition coefficient (Wildman–Crippen LogP) is 2.20. The number of thioether (sulfide) groups is 1. The Hall–Kier alpha value is -0.230. The number of hydrogen-bond donors (Lipinski definition) is 2. The maximum Gasteiger partial charge on any atom is 0.0834 e. The van der Waals surface area contributed by atoms with Gasteiger partial charge in [-0.2, -0.15) is 16.9 Å². The molecule has 1 unspecified atom stereocenters. The van der Waals surface area contributed by atoms with E-state index < -0.39 is 0 Å². The largest absolute Gasteiger partial charge is 0.271 e. The number of aromatic nitrogens is 2. The summed E-state index contributed by atoms with van der Waals surface area (Å²) < 4.78 is 1.93. The standard InChI is InChI=1S/C10H19ClN4S/c1-3-5-15-10(8(11)6-13-15)9(14-12)7-16-4-2/h6,9,14H,3-5,7,12H2,1-2H3. The summed E-state index contributed by atoms with van der Waals surface area (Å²) in [4.78, 5) is 0. The fourth-order valence-electron chi connectivity index (χ4n) is 1.55. The van der Waals surface area contributed by atoms with Gasteiger partial charge in [0, 0.05) is 12.3 Å². The number of nitrogens with one attached hydrogen (secondary N) is 1. The third kappa shape index (κ3) is 3.38. The molecule has 0 aliphatic rings. The molecule has 1 aromatic rings. The fourth-order valence-corrected chi connectivity index (χ4v) is 2.55. The molecular weight excluding hydrogens is 244 g/mol. The molecule has 92 valence electrons. The van der Waals surface area contributed by atoms with Gasteiger partial charge in [0.25, 0.3) is 0 Å². The Balaban J connectivity index is 2.84. The van der Waals surface area contributed by atoms with Gasteiger partial charge in [-0.15, -0.1) is 0 Å². The summed E-state index contributed by atoms with van der Waals surface area (Å²) >= 11 is 7.98. The van der Waals surface area contributed by atoms with Crippen LogP contribution in [0.4, 0.5) is 0 Å². The van der Waals surface area contributed by atoms with Crippen LogP contribution in [0.3, 0.4) is 0 Å². The lowest BCUT2D eigenvalue weighted by Gasteiger charge is -2.17. The van der Waals surface area contributed by atoms with E-state index in [4.69, 9.17) is 17.4 Å². The van der Waals surface area contributed by atoms with Gasteiger partial charge in [-0.05, 0) is 12.2 Å². The van der Waals surface area contributed by atoms with Crippen molar-refractivity contribution < 1.29 is 0 Å². The third-order valence-electron chi connectivity index (χ3n) is 2.29. The molecule has 1 atom stereocenters. The van der Waals surface area contributed by atoms with Crippen LogP contribution >= 0.6 is 23.4 Å². The van der Waals surface area contributed by atoms with Crippen molar-refractivity contribution in [2.24, 2.45) is 5.84 Å². The quantitative estimate of drug-likeness (QED) is 0.584. The van der Waals surface area contributed by atoms with E-state index in [1.54, 1.807) is 6.20 Å². The summed E-state index contributed by atoms with van der Waals surface area (Å²) in [6.45, 7) is 5.12. The highest BCUT2D eigenvalue weighted by molar-refractivity contribution is 7.99. The van der Waals surface area contributed by atoms with Crippen molar-refractivity contribution in [3.8, 4) is 0 Å². The van der Waals surface area contributed by atoms with E-state index >= 15 is 0 Å². The second-order valence-corrected chi connectivity index (χ2v) is 5.21. The van der Waals surface area contributed by atoms with Gasteiger partial charge in [-0.25, -0.2) is 0 Å². The average molecular weight is 263 g/mol. The minimum atomic E-state index is 0.0616. The molecule has 0 aliphatic carbocycles. The number of hydrogen-bond acceptors (Lipinski definition) is 4. The minimum absolute atomic E-state index is 0.0616. The molecule has 0 fully saturated rings. The first-order valence-corrected chi connectivity index (χ1v) is 7.02. The SMILES string of the molecule is CCCn1ncc(Cl)c1C(CSCC)NN. The highest BCUT2D eigenvalue weighted by Crippen LogP contribution is 2.25. The highest BCUT2D eigenvalue weighted by atomic mass is 35.5. The number of aryl methyl sites for hydroxylation is 1. The van der Waals surface area contributed by atoms with Crippen LogP contribution in [0.25, 0.3) is 0 Å². The number of nitrogens with two attached hydrogens (primary N) is 1. The Morgan fingerprint density at radius 2 is 2.38 bits per heavy atom. The molecule has 0 spiro atoms. The van der Waals surface area contributed by atoms with Crippen molar-refractivity contribution in [1.29, 1.82) is 0 Å². The van der Waals surface area contributed by atoms with Gasteiger partial charge in [0.05, 0.1) is 23.0 Å². The molecule has 3 N–H and O–H groups in total. The topological polar surface area (TPSA) is 55.9 Å². The molecule has 1 rings (SSSR count). The lowest BCUT2D eigenvalue weighted by Crippen LogP contribution is -2.32. The number of halogens is 1. The zero-order valence-electron chi connectivity index (χ0n) is 9.74. The summed E-state index contributed by atoms with van der Waals surface area (Å²) in [5, 5.41) is 4.95. The third-order valence-corrected chi connectivity index (χ3v) is 3.56. The van der Waals surface area contributed by atoms with Gasteiger partial charge >= 0.3 is 0 Å². The van der Waals surface area contributed by atoms with Gasteiger partial charge in [0.1, 0.15) is 0 Å². The van der Waals surface area contributed by atoms with Gasteiger partial charge in [0.15, 0.2) is 0 Å². The van der Waals surface area contributed by atoms with Crippen LogP contribution in [0.1, 0.15) is 32.0 Å². The van der Waals surface area contributed by atoms with Gasteiger partial charge in [-0.3, -0.25) is 16.0 Å². The average Bonchev–Trinajstić information content (AvgIpc) is 2.63. The maximum absolute atomic E-state index is 6.14. The molecule has 0 aliphatic heterocycles. The van der Waals surface area contributed by atoms with Gasteiger partial charge < -0.3 is 0 Å². The lowest BCUT2D eigenvalue weighted by atomic mass is 10.2. The molecule has 0 saturated carbocycles. The molecule has 0 radical (unpaired) electrons. The van der Waals surface area contributed by atoms with Crippen LogP contribution in [0.15, 0.2) is 6.20 Å². The lowest BCUT2D eigenvalue weighted by molar-refractivity contribution is 0.509. The van der Waals surface area contributed by atoms with Crippen LogP contribution < -0.4 is 11.3 Å². The zero-order chi connectivity index (χ0) is 12.0. The van der Waals surface area contributed by atoms with Crippen molar-refractivity contribution in [3.05, 3.63) is 16.9 Å². The molecule has 4 nitrogen and oxygen atoms in total. The molecule has 1 heterocycles. The van der Waals surface area contributed by atoms with Gasteiger partial charge in [0.2, 0.25) is 0 Å². The first-order chi connectivity index (χ1) is 7.74. The molecule has 0 amide bonds. The van der Waals surface area contributed by atoms with E-state index in [9.17, 15) is 0 Å². The Bertz CT molecular complexity index is 316. The van der Waals surface area contributed by atoms with Crippen molar-refractivity contribution in [1.82, 2.24) is 15.2 Å². The molecule has 16 heavy (non-hydrogen) atoms. The summed E-state index contributed by atoms with van der Waals surface area (Å²) in [5.74, 6) is 7.55. The maximum atomic E-state index is 6.14. The number of nitrogens with zero attached hydrogens (tertiary/aromatic N) is 2. The van der Waals surface area contributed by atoms with E-state index in [-0.39, 0.29) is 6.04 Å². The Morgan fingerprint density at radius 1 is 1.62 bits per heavy atom. The summed E-state index contributed by atoms with van der Waals surface area (Å²) in [6, 6.07) is 0.0616. The van der Waals surface area contributed by atoms with Crippen molar-refractivity contribution in [3.63, 3.8) is 0 Å². The van der Waals surface area contributed by atoms with E-state index in [0.717, 1.165) is 30.2 Å². The van der Waals surface area contributed by atoms with Crippen molar-refractivity contribution >= 4 is 23.4 Å². The Morgan fingerprint density at radius 3 is 2.94 bits per heavy atom. The van der Waals surface area contributed by atoms with Crippen LogP contribution in [0.5, 0.6) is 0 Å². The second kappa shape index (κ2) is 7.17. The van der Waals surface area contributed by atoms with E-state index in [1.807, 2.05) is 16.4 Å². The van der Waals surface area contributed by atoms with Crippen LogP contribution in [-0.4, -0.2) is 21.3 Å². The van der Waals surface area contributed by atoms with Crippen molar-refractivity contribution in [2.75, 3.05) is 11.5 Å². The van der Waals surface area contributed by atoms with Crippen molar-refractivity contribution in [2.45, 2.75) is 32.9 Å².